The number of nitrogens with two attached hydrogens (primary N) is 1. The largest absolute Gasteiger partial charge is 0.335 e. The van der Waals surface area contributed by atoms with Gasteiger partial charge in [0.25, 0.3) is 5.91 Å². The summed E-state index contributed by atoms with van der Waals surface area (Å²) in [6, 6.07) is 3.55. The predicted octanol–water partition coefficient (Wildman–Crippen LogP) is 1.36. The van der Waals surface area contributed by atoms with Crippen LogP contribution in [-0.4, -0.2) is 45.9 Å². The lowest BCUT2D eigenvalue weighted by Crippen LogP contribution is -2.44. The minimum absolute atomic E-state index is 0.00216. The zero-order chi connectivity index (χ0) is 14.5. The Labute approximate surface area is 124 Å². The first kappa shape index (κ1) is 14.9. The van der Waals surface area contributed by atoms with E-state index in [-0.39, 0.29) is 5.91 Å². The van der Waals surface area contributed by atoms with Gasteiger partial charge in [-0.15, -0.1) is 0 Å². The molecule has 106 valence electrons. The summed E-state index contributed by atoms with van der Waals surface area (Å²) >= 11 is 1.92. The molecule has 1 fully saturated rings. The lowest BCUT2D eigenvalue weighted by molar-refractivity contribution is 0.0747. The van der Waals surface area contributed by atoms with Crippen molar-refractivity contribution in [2.75, 3.05) is 19.6 Å². The topological polar surface area (TPSA) is 59.2 Å². The number of carbonyl (C=O) groups is 1. The van der Waals surface area contributed by atoms with Crippen LogP contribution in [0.4, 0.5) is 0 Å². The van der Waals surface area contributed by atoms with E-state index in [1.165, 1.54) is 0 Å². The predicted molar refractivity (Wildman–Crippen MR) is 82.6 cm³/mol. The lowest BCUT2D eigenvalue weighted by atomic mass is 10.2. The van der Waals surface area contributed by atoms with Gasteiger partial charge in [-0.25, -0.2) is 4.98 Å². The Balaban J connectivity index is 2.09. The fraction of sp³-hybridized carbons (Fsp3) is 0.467. The smallest absolute Gasteiger partial charge is 0.272 e. The minimum atomic E-state index is 0.00216. The van der Waals surface area contributed by atoms with Crippen LogP contribution in [0.2, 0.25) is 0 Å². The van der Waals surface area contributed by atoms with Crippen LogP contribution >= 0.6 is 11.8 Å². The Bertz CT molecular complexity index is 522. The molecular weight excluding hydrogens is 270 g/mol. The van der Waals surface area contributed by atoms with Crippen molar-refractivity contribution in [3.8, 4) is 11.8 Å². The SMILES string of the molecule is CC1CN(C(=O)c2ccc(C#CCN)cn2)CC(C)S1. The molecule has 0 bridgehead atoms. The molecule has 0 aromatic carbocycles. The molecule has 2 N–H and O–H groups in total. The maximum absolute atomic E-state index is 12.4. The van der Waals surface area contributed by atoms with Crippen LogP contribution in [0.1, 0.15) is 29.9 Å². The Morgan fingerprint density at radius 1 is 1.45 bits per heavy atom. The summed E-state index contributed by atoms with van der Waals surface area (Å²) in [5.41, 5.74) is 6.58. The van der Waals surface area contributed by atoms with E-state index >= 15 is 0 Å². The number of pyridine rings is 1. The highest BCUT2D eigenvalue weighted by Gasteiger charge is 2.26. The van der Waals surface area contributed by atoms with Gasteiger partial charge >= 0.3 is 0 Å². The number of nitrogens with zero attached hydrogens (tertiary/aromatic N) is 2. The molecule has 1 aliphatic heterocycles. The number of amides is 1. The van der Waals surface area contributed by atoms with Crippen LogP contribution in [0, 0.1) is 11.8 Å². The van der Waals surface area contributed by atoms with Crippen molar-refractivity contribution < 1.29 is 4.79 Å². The number of thioether (sulfide) groups is 1. The van der Waals surface area contributed by atoms with Gasteiger partial charge in [0.15, 0.2) is 0 Å². The lowest BCUT2D eigenvalue weighted by Gasteiger charge is -2.34. The van der Waals surface area contributed by atoms with Crippen molar-refractivity contribution >= 4 is 17.7 Å². The summed E-state index contributed by atoms with van der Waals surface area (Å²) in [4.78, 5) is 18.5. The summed E-state index contributed by atoms with van der Waals surface area (Å²) in [7, 11) is 0. The van der Waals surface area contributed by atoms with E-state index in [0.717, 1.165) is 18.7 Å². The molecule has 1 aliphatic rings. The first-order valence-electron chi connectivity index (χ1n) is 6.70. The Morgan fingerprint density at radius 2 is 2.15 bits per heavy atom. The second-order valence-corrected chi connectivity index (χ2v) is 6.79. The molecule has 5 heteroatoms. The Morgan fingerprint density at radius 3 is 2.70 bits per heavy atom. The fourth-order valence-electron chi connectivity index (χ4n) is 2.25. The van der Waals surface area contributed by atoms with E-state index in [2.05, 4.69) is 30.7 Å². The second kappa shape index (κ2) is 6.78. The zero-order valence-corrected chi connectivity index (χ0v) is 12.6. The zero-order valence-electron chi connectivity index (χ0n) is 11.8. The van der Waals surface area contributed by atoms with Gasteiger partial charge in [-0.2, -0.15) is 11.8 Å². The molecule has 4 nitrogen and oxygen atoms in total. The van der Waals surface area contributed by atoms with Crippen LogP contribution in [0.5, 0.6) is 0 Å². The van der Waals surface area contributed by atoms with Gasteiger partial charge in [0.05, 0.1) is 6.54 Å². The van der Waals surface area contributed by atoms with Gasteiger partial charge in [-0.3, -0.25) is 4.79 Å². The number of aromatic nitrogens is 1. The first-order chi connectivity index (χ1) is 9.60. The third-order valence-corrected chi connectivity index (χ3v) is 4.25. The van der Waals surface area contributed by atoms with E-state index < -0.39 is 0 Å². The highest BCUT2D eigenvalue weighted by molar-refractivity contribution is 8.00. The third-order valence-electron chi connectivity index (χ3n) is 3.02. The summed E-state index contributed by atoms with van der Waals surface area (Å²) in [5, 5.41) is 0.940. The first-order valence-corrected chi connectivity index (χ1v) is 7.64. The summed E-state index contributed by atoms with van der Waals surface area (Å²) in [6.07, 6.45) is 1.63. The highest BCUT2D eigenvalue weighted by atomic mass is 32.2. The minimum Gasteiger partial charge on any atom is -0.335 e. The van der Waals surface area contributed by atoms with Gasteiger partial charge < -0.3 is 10.6 Å². The van der Waals surface area contributed by atoms with Gasteiger partial charge in [0.2, 0.25) is 0 Å². The van der Waals surface area contributed by atoms with E-state index in [4.69, 9.17) is 5.73 Å². The molecule has 2 atom stereocenters. The van der Waals surface area contributed by atoms with Gasteiger partial charge in [0, 0.05) is 35.3 Å². The second-order valence-electron chi connectivity index (χ2n) is 4.91. The highest BCUT2D eigenvalue weighted by Crippen LogP contribution is 2.25. The Kier molecular flexibility index (Phi) is 5.05. The van der Waals surface area contributed by atoms with Crippen molar-refractivity contribution in [1.29, 1.82) is 0 Å². The Hall–Kier alpha value is -1.51. The molecule has 1 amide bonds. The molecule has 1 saturated heterocycles. The van der Waals surface area contributed by atoms with Crippen LogP contribution in [0.15, 0.2) is 18.3 Å². The number of carbonyl (C=O) groups excluding carboxylic acids is 1. The van der Waals surface area contributed by atoms with Gasteiger partial charge in [-0.05, 0) is 12.1 Å². The van der Waals surface area contributed by atoms with Crippen LogP contribution in [0.3, 0.4) is 0 Å². The fourth-order valence-corrected chi connectivity index (χ4v) is 3.58. The van der Waals surface area contributed by atoms with Crippen LogP contribution < -0.4 is 5.73 Å². The molecule has 2 unspecified atom stereocenters. The van der Waals surface area contributed by atoms with Crippen molar-refractivity contribution in [3.63, 3.8) is 0 Å². The molecule has 0 saturated carbocycles. The van der Waals surface area contributed by atoms with Gasteiger partial charge in [0.1, 0.15) is 5.69 Å². The monoisotopic (exact) mass is 289 g/mol. The molecule has 20 heavy (non-hydrogen) atoms. The van der Waals surface area contributed by atoms with Crippen LogP contribution in [0.25, 0.3) is 0 Å². The number of rotatable bonds is 1. The number of hydrogen-bond donors (Lipinski definition) is 1. The molecule has 1 aromatic rings. The van der Waals surface area contributed by atoms with E-state index in [0.29, 0.717) is 22.7 Å². The van der Waals surface area contributed by atoms with Crippen molar-refractivity contribution in [1.82, 2.24) is 9.88 Å². The summed E-state index contributed by atoms with van der Waals surface area (Å²) < 4.78 is 0. The average molecular weight is 289 g/mol. The maximum atomic E-state index is 12.4. The normalized spacial score (nSPS) is 22.1. The third kappa shape index (κ3) is 3.75. The average Bonchev–Trinajstić information content (AvgIpc) is 2.44. The molecule has 0 aliphatic carbocycles. The standard InChI is InChI=1S/C15H19N3OS/c1-11-9-18(10-12(2)20-11)15(19)14-6-5-13(8-17-14)4-3-7-16/h5-6,8,11-12H,7,9-10,16H2,1-2H3. The van der Waals surface area contributed by atoms with Gasteiger partial charge in [-0.1, -0.05) is 25.7 Å². The summed E-state index contributed by atoms with van der Waals surface area (Å²) in [5.74, 6) is 5.67. The van der Waals surface area contributed by atoms with Crippen LogP contribution in [-0.2, 0) is 0 Å². The maximum Gasteiger partial charge on any atom is 0.272 e. The molecule has 0 radical (unpaired) electrons. The van der Waals surface area contributed by atoms with E-state index in [9.17, 15) is 4.79 Å². The summed E-state index contributed by atoms with van der Waals surface area (Å²) in [6.45, 7) is 6.19. The van der Waals surface area contributed by atoms with E-state index in [1.54, 1.807) is 12.3 Å². The molecule has 1 aromatic heterocycles. The molecular formula is C15H19N3OS. The van der Waals surface area contributed by atoms with Crippen molar-refractivity contribution in [2.45, 2.75) is 24.3 Å². The molecule has 0 spiro atoms. The molecule has 2 heterocycles. The molecule has 2 rings (SSSR count). The number of hydrogen-bond acceptors (Lipinski definition) is 4. The van der Waals surface area contributed by atoms with E-state index in [1.807, 2.05) is 22.7 Å². The van der Waals surface area contributed by atoms with Crippen molar-refractivity contribution in [2.24, 2.45) is 5.73 Å². The van der Waals surface area contributed by atoms with Crippen molar-refractivity contribution in [3.05, 3.63) is 29.6 Å². The quantitative estimate of drug-likeness (QED) is 0.793.